The Morgan fingerprint density at radius 2 is 2.12 bits per heavy atom. The normalized spacial score (nSPS) is 15.9. The average molecular weight is 342 g/mol. The minimum absolute atomic E-state index is 0.0304. The lowest BCUT2D eigenvalue weighted by molar-refractivity contribution is -0.116. The summed E-state index contributed by atoms with van der Waals surface area (Å²) in [5, 5.41) is 10.1. The number of aromatic amines is 1. The van der Waals surface area contributed by atoms with Crippen LogP contribution in [0.4, 0.5) is 5.69 Å². The maximum absolute atomic E-state index is 12.3. The zero-order valence-corrected chi connectivity index (χ0v) is 14.7. The number of nitrogens with zero attached hydrogens (tertiary/aromatic N) is 2. The van der Waals surface area contributed by atoms with Crippen LogP contribution < -0.4 is 10.1 Å². The molecule has 1 aliphatic heterocycles. The third kappa shape index (κ3) is 4.82. The van der Waals surface area contributed by atoms with E-state index >= 15 is 0 Å². The molecule has 1 aromatic heterocycles. The molecule has 6 nitrogen and oxygen atoms in total. The highest BCUT2D eigenvalue weighted by atomic mass is 16.5. The molecule has 0 bridgehead atoms. The summed E-state index contributed by atoms with van der Waals surface area (Å²) in [5.74, 6) is 1.31. The van der Waals surface area contributed by atoms with Crippen LogP contribution in [0, 0.1) is 0 Å². The lowest BCUT2D eigenvalue weighted by Gasteiger charge is -2.31. The quantitative estimate of drug-likeness (QED) is 0.811. The largest absolute Gasteiger partial charge is 0.492 e. The van der Waals surface area contributed by atoms with Gasteiger partial charge in [-0.05, 0) is 51.1 Å². The second-order valence-electron chi connectivity index (χ2n) is 6.36. The Morgan fingerprint density at radius 3 is 2.84 bits per heavy atom. The number of carbonyl (C=O) groups is 1. The van der Waals surface area contributed by atoms with E-state index in [9.17, 15) is 4.79 Å². The molecule has 1 saturated heterocycles. The maximum Gasteiger partial charge on any atom is 0.225 e. The predicted octanol–water partition coefficient (Wildman–Crippen LogP) is 3.02. The van der Waals surface area contributed by atoms with E-state index in [-0.39, 0.29) is 5.91 Å². The van der Waals surface area contributed by atoms with Crippen molar-refractivity contribution in [2.75, 3.05) is 31.6 Å². The van der Waals surface area contributed by atoms with E-state index in [2.05, 4.69) is 26.5 Å². The molecule has 0 spiro atoms. The van der Waals surface area contributed by atoms with Crippen molar-refractivity contribution in [2.24, 2.45) is 0 Å². The summed E-state index contributed by atoms with van der Waals surface area (Å²) < 4.78 is 5.55. The molecule has 1 fully saturated rings. The fourth-order valence-corrected chi connectivity index (χ4v) is 3.29. The van der Waals surface area contributed by atoms with Crippen molar-refractivity contribution in [3.63, 3.8) is 0 Å². The first-order valence-electron chi connectivity index (χ1n) is 8.99. The Labute approximate surface area is 148 Å². The van der Waals surface area contributed by atoms with Crippen LogP contribution >= 0.6 is 0 Å². The first kappa shape index (κ1) is 17.5. The van der Waals surface area contributed by atoms with Gasteiger partial charge in [-0.2, -0.15) is 5.10 Å². The van der Waals surface area contributed by atoms with Gasteiger partial charge >= 0.3 is 0 Å². The van der Waals surface area contributed by atoms with Gasteiger partial charge in [-0.15, -0.1) is 0 Å². The molecule has 0 atom stereocenters. The Balaban J connectivity index is 1.43. The molecule has 1 aromatic carbocycles. The van der Waals surface area contributed by atoms with E-state index in [1.54, 1.807) is 0 Å². The van der Waals surface area contributed by atoms with Crippen molar-refractivity contribution >= 4 is 11.6 Å². The average Bonchev–Trinajstić information content (AvgIpc) is 3.17. The molecule has 134 valence electrons. The lowest BCUT2D eigenvalue weighted by Crippen LogP contribution is -2.35. The highest BCUT2D eigenvalue weighted by Gasteiger charge is 2.21. The molecular weight excluding hydrogens is 316 g/mol. The molecule has 6 heteroatoms. The van der Waals surface area contributed by atoms with Crippen LogP contribution in [0.25, 0.3) is 0 Å². The molecule has 2 aromatic rings. The summed E-state index contributed by atoms with van der Waals surface area (Å²) in [6, 6.07) is 9.62. The van der Waals surface area contributed by atoms with Crippen molar-refractivity contribution in [1.29, 1.82) is 0 Å². The Hall–Kier alpha value is -2.34. The van der Waals surface area contributed by atoms with E-state index in [0.29, 0.717) is 18.9 Å². The molecule has 1 amide bonds. The van der Waals surface area contributed by atoms with E-state index in [4.69, 9.17) is 4.74 Å². The van der Waals surface area contributed by atoms with Gasteiger partial charge in [-0.25, -0.2) is 0 Å². The van der Waals surface area contributed by atoms with Gasteiger partial charge in [-0.1, -0.05) is 12.1 Å². The molecule has 1 aliphatic rings. The second kappa shape index (κ2) is 8.67. The van der Waals surface area contributed by atoms with Crippen LogP contribution in [0.15, 0.2) is 36.5 Å². The van der Waals surface area contributed by atoms with Crippen LogP contribution in [0.3, 0.4) is 0 Å². The second-order valence-corrected chi connectivity index (χ2v) is 6.36. The van der Waals surface area contributed by atoms with Gasteiger partial charge in [0.25, 0.3) is 0 Å². The summed E-state index contributed by atoms with van der Waals surface area (Å²) in [5.41, 5.74) is 1.97. The number of amides is 1. The molecule has 25 heavy (non-hydrogen) atoms. The number of carbonyl (C=O) groups excluding carboxylic acids is 1. The van der Waals surface area contributed by atoms with Crippen LogP contribution in [-0.2, 0) is 4.79 Å². The fourth-order valence-electron chi connectivity index (χ4n) is 3.29. The number of para-hydroxylation sites is 2. The maximum atomic E-state index is 12.3. The summed E-state index contributed by atoms with van der Waals surface area (Å²) in [4.78, 5) is 14.6. The highest BCUT2D eigenvalue weighted by molar-refractivity contribution is 5.92. The third-order valence-electron chi connectivity index (χ3n) is 4.67. The minimum atomic E-state index is 0.0304. The number of anilines is 1. The summed E-state index contributed by atoms with van der Waals surface area (Å²) in [6.45, 7) is 5.35. The predicted molar refractivity (Wildman–Crippen MR) is 97.9 cm³/mol. The Morgan fingerprint density at radius 1 is 1.32 bits per heavy atom. The zero-order chi connectivity index (χ0) is 17.5. The van der Waals surface area contributed by atoms with Gasteiger partial charge in [0.05, 0.1) is 12.3 Å². The zero-order valence-electron chi connectivity index (χ0n) is 14.7. The van der Waals surface area contributed by atoms with Gasteiger partial charge in [0.1, 0.15) is 5.75 Å². The van der Waals surface area contributed by atoms with Crippen molar-refractivity contribution in [3.05, 3.63) is 42.2 Å². The number of hydrogen-bond acceptors (Lipinski definition) is 4. The first-order chi connectivity index (χ1) is 12.3. The fraction of sp³-hybridized carbons (Fsp3) is 0.474. The standard InChI is InChI=1S/C19H26N4O2/c1-2-25-18-6-4-3-5-17(18)21-19(24)10-14-23-12-8-15(9-13-23)16-7-11-20-22-16/h3-7,11,15H,2,8-10,12-14H2,1H3,(H,20,22)(H,21,24). The molecule has 0 aliphatic carbocycles. The monoisotopic (exact) mass is 342 g/mol. The number of piperidine rings is 1. The SMILES string of the molecule is CCOc1ccccc1NC(=O)CCN1CCC(c2ccn[nH]2)CC1. The highest BCUT2D eigenvalue weighted by Crippen LogP contribution is 2.26. The number of likely N-dealkylation sites (tertiary alicyclic amines) is 1. The number of ether oxygens (including phenoxy) is 1. The number of H-pyrrole nitrogens is 1. The molecule has 3 rings (SSSR count). The van der Waals surface area contributed by atoms with Crippen LogP contribution in [0.1, 0.15) is 37.8 Å². The summed E-state index contributed by atoms with van der Waals surface area (Å²) in [7, 11) is 0. The number of hydrogen-bond donors (Lipinski definition) is 2. The van der Waals surface area contributed by atoms with Gasteiger partial charge in [0, 0.05) is 30.8 Å². The first-order valence-corrected chi connectivity index (χ1v) is 8.99. The number of aromatic nitrogens is 2. The van der Waals surface area contributed by atoms with Gasteiger partial charge in [-0.3, -0.25) is 9.89 Å². The van der Waals surface area contributed by atoms with E-state index < -0.39 is 0 Å². The molecular formula is C19H26N4O2. The summed E-state index contributed by atoms with van der Waals surface area (Å²) >= 11 is 0. The van der Waals surface area contributed by atoms with Crippen LogP contribution in [0.2, 0.25) is 0 Å². The molecule has 0 unspecified atom stereocenters. The van der Waals surface area contributed by atoms with E-state index in [0.717, 1.165) is 43.9 Å². The van der Waals surface area contributed by atoms with Crippen molar-refractivity contribution in [1.82, 2.24) is 15.1 Å². The smallest absolute Gasteiger partial charge is 0.225 e. The van der Waals surface area contributed by atoms with Gasteiger partial charge < -0.3 is 15.0 Å². The summed E-state index contributed by atoms with van der Waals surface area (Å²) in [6.07, 6.45) is 4.52. The molecule has 0 radical (unpaired) electrons. The van der Waals surface area contributed by atoms with Gasteiger partial charge in [0.15, 0.2) is 0 Å². The van der Waals surface area contributed by atoms with Crippen LogP contribution in [-0.4, -0.2) is 47.2 Å². The Bertz CT molecular complexity index is 664. The topological polar surface area (TPSA) is 70.2 Å². The lowest BCUT2D eigenvalue weighted by atomic mass is 9.93. The number of nitrogens with one attached hydrogen (secondary N) is 2. The molecule has 0 saturated carbocycles. The van der Waals surface area contributed by atoms with E-state index in [1.807, 2.05) is 37.4 Å². The number of benzene rings is 1. The number of rotatable bonds is 7. The minimum Gasteiger partial charge on any atom is -0.492 e. The van der Waals surface area contributed by atoms with Crippen LogP contribution in [0.5, 0.6) is 5.75 Å². The Kier molecular flexibility index (Phi) is 6.06. The van der Waals surface area contributed by atoms with Crippen molar-refractivity contribution in [2.45, 2.75) is 32.1 Å². The molecule has 2 N–H and O–H groups in total. The van der Waals surface area contributed by atoms with Crippen molar-refractivity contribution in [3.8, 4) is 5.75 Å². The molecule has 2 heterocycles. The van der Waals surface area contributed by atoms with Crippen molar-refractivity contribution < 1.29 is 9.53 Å². The van der Waals surface area contributed by atoms with Gasteiger partial charge in [0.2, 0.25) is 5.91 Å². The third-order valence-corrected chi connectivity index (χ3v) is 4.67. The van der Waals surface area contributed by atoms with E-state index in [1.165, 1.54) is 5.69 Å².